The van der Waals surface area contributed by atoms with Crippen LogP contribution in [0.2, 0.25) is 0 Å². The Labute approximate surface area is 117 Å². The zero-order valence-corrected chi connectivity index (χ0v) is 11.6. The number of piperazine rings is 1. The quantitative estimate of drug-likeness (QED) is 0.853. The maximum Gasteiger partial charge on any atom is 0.256 e. The highest BCUT2D eigenvalue weighted by Gasteiger charge is 2.25. The van der Waals surface area contributed by atoms with Gasteiger partial charge in [-0.3, -0.25) is 9.69 Å². The van der Waals surface area contributed by atoms with Crippen LogP contribution in [0.1, 0.15) is 17.3 Å². The normalized spacial score (nSPS) is 18.1. The highest BCUT2D eigenvalue weighted by Crippen LogP contribution is 2.18. The maximum absolute atomic E-state index is 13.7. The number of carbonyl (C=O) groups excluding carboxylic acids is 1. The largest absolute Gasteiger partial charge is 0.508 e. The Morgan fingerprint density at radius 1 is 1.40 bits per heavy atom. The second kappa shape index (κ2) is 6.19. The molecule has 6 heteroatoms. The smallest absolute Gasteiger partial charge is 0.256 e. The van der Waals surface area contributed by atoms with Crippen LogP contribution >= 0.6 is 0 Å². The predicted molar refractivity (Wildman–Crippen MR) is 74.1 cm³/mol. The first-order valence-corrected chi connectivity index (χ1v) is 6.75. The molecule has 5 nitrogen and oxygen atoms in total. The van der Waals surface area contributed by atoms with Crippen LogP contribution in [-0.2, 0) is 0 Å². The van der Waals surface area contributed by atoms with Crippen molar-refractivity contribution >= 4 is 5.91 Å². The Kier molecular flexibility index (Phi) is 4.57. The molecular weight excluding hydrogens is 261 g/mol. The number of carbonyl (C=O) groups is 1. The van der Waals surface area contributed by atoms with E-state index in [0.717, 1.165) is 19.2 Å². The van der Waals surface area contributed by atoms with Crippen LogP contribution in [0, 0.1) is 5.82 Å². The summed E-state index contributed by atoms with van der Waals surface area (Å²) in [5.41, 5.74) is 5.63. The number of aromatic hydroxyl groups is 1. The number of nitrogens with zero attached hydrogens (tertiary/aromatic N) is 2. The number of halogens is 1. The van der Waals surface area contributed by atoms with E-state index in [2.05, 4.69) is 11.8 Å². The standard InChI is InChI=1S/C14H20FN3O2/c1-10(9-16)17-4-6-18(7-5-17)14(20)12-3-2-11(19)8-13(12)15/h2-3,8,10,19H,4-7,9,16H2,1H3. The molecule has 2 rings (SSSR count). The minimum absolute atomic E-state index is 0.00289. The van der Waals surface area contributed by atoms with Gasteiger partial charge in [0.25, 0.3) is 5.91 Å². The lowest BCUT2D eigenvalue weighted by atomic mass is 10.1. The van der Waals surface area contributed by atoms with Gasteiger partial charge >= 0.3 is 0 Å². The van der Waals surface area contributed by atoms with Crippen LogP contribution in [0.15, 0.2) is 18.2 Å². The molecule has 1 atom stereocenters. The van der Waals surface area contributed by atoms with Gasteiger partial charge in [0.1, 0.15) is 11.6 Å². The van der Waals surface area contributed by atoms with E-state index in [1.165, 1.54) is 12.1 Å². The highest BCUT2D eigenvalue weighted by molar-refractivity contribution is 5.94. The molecule has 0 aliphatic carbocycles. The second-order valence-corrected chi connectivity index (χ2v) is 5.08. The van der Waals surface area contributed by atoms with Crippen LogP contribution in [0.3, 0.4) is 0 Å². The number of phenolic OH excluding ortho intramolecular Hbond substituents is 1. The van der Waals surface area contributed by atoms with Crippen molar-refractivity contribution in [3.05, 3.63) is 29.6 Å². The van der Waals surface area contributed by atoms with Gasteiger partial charge in [0.2, 0.25) is 0 Å². The minimum atomic E-state index is -0.687. The number of hydrogen-bond acceptors (Lipinski definition) is 4. The Bertz CT molecular complexity index is 487. The van der Waals surface area contributed by atoms with Crippen LogP contribution in [-0.4, -0.2) is 59.6 Å². The SMILES string of the molecule is CC(CN)N1CCN(C(=O)c2ccc(O)cc2F)CC1. The van der Waals surface area contributed by atoms with Crippen molar-refractivity contribution in [2.24, 2.45) is 5.73 Å². The summed E-state index contributed by atoms with van der Waals surface area (Å²) >= 11 is 0. The molecule has 1 unspecified atom stereocenters. The van der Waals surface area contributed by atoms with Crippen LogP contribution in [0.25, 0.3) is 0 Å². The molecule has 1 aromatic carbocycles. The van der Waals surface area contributed by atoms with Crippen molar-refractivity contribution < 1.29 is 14.3 Å². The molecule has 0 saturated carbocycles. The summed E-state index contributed by atoms with van der Waals surface area (Å²) in [5, 5.41) is 9.17. The minimum Gasteiger partial charge on any atom is -0.508 e. The Morgan fingerprint density at radius 3 is 2.60 bits per heavy atom. The Morgan fingerprint density at radius 2 is 2.05 bits per heavy atom. The molecule has 1 heterocycles. The Balaban J connectivity index is 2.01. The van der Waals surface area contributed by atoms with Crippen molar-refractivity contribution in [1.82, 2.24) is 9.80 Å². The molecule has 1 aliphatic heterocycles. The van der Waals surface area contributed by atoms with Crippen molar-refractivity contribution in [1.29, 1.82) is 0 Å². The molecule has 110 valence electrons. The average Bonchev–Trinajstić information content (AvgIpc) is 2.46. The average molecular weight is 281 g/mol. The number of benzene rings is 1. The summed E-state index contributed by atoms with van der Waals surface area (Å²) in [7, 11) is 0. The molecule has 1 saturated heterocycles. The number of hydrogen-bond donors (Lipinski definition) is 2. The third-order valence-corrected chi connectivity index (χ3v) is 3.75. The number of nitrogens with two attached hydrogens (primary N) is 1. The van der Waals surface area contributed by atoms with Crippen molar-refractivity contribution in [3.8, 4) is 5.75 Å². The van der Waals surface area contributed by atoms with Gasteiger partial charge in [-0.05, 0) is 19.1 Å². The third kappa shape index (κ3) is 3.08. The summed E-state index contributed by atoms with van der Waals surface area (Å²) in [6, 6.07) is 3.89. The molecule has 0 spiro atoms. The van der Waals surface area contributed by atoms with Gasteiger partial charge in [0.15, 0.2) is 0 Å². The van der Waals surface area contributed by atoms with Crippen molar-refractivity contribution in [2.75, 3.05) is 32.7 Å². The zero-order valence-electron chi connectivity index (χ0n) is 11.6. The molecule has 1 aromatic rings. The predicted octanol–water partition coefficient (Wildman–Crippen LogP) is 0.636. The van der Waals surface area contributed by atoms with Crippen LogP contribution < -0.4 is 5.73 Å². The van der Waals surface area contributed by atoms with E-state index in [1.54, 1.807) is 4.90 Å². The molecule has 1 amide bonds. The number of rotatable bonds is 3. The van der Waals surface area contributed by atoms with Gasteiger partial charge in [-0.1, -0.05) is 0 Å². The topological polar surface area (TPSA) is 69.8 Å². The fourth-order valence-electron chi connectivity index (χ4n) is 2.36. The van der Waals surface area contributed by atoms with Gasteiger partial charge in [-0.25, -0.2) is 4.39 Å². The molecule has 1 fully saturated rings. The lowest BCUT2D eigenvalue weighted by molar-refractivity contribution is 0.0584. The summed E-state index contributed by atoms with van der Waals surface area (Å²) < 4.78 is 13.7. The number of amides is 1. The van der Waals surface area contributed by atoms with Gasteiger partial charge < -0.3 is 15.7 Å². The van der Waals surface area contributed by atoms with E-state index in [0.29, 0.717) is 19.6 Å². The molecule has 20 heavy (non-hydrogen) atoms. The van der Waals surface area contributed by atoms with Gasteiger partial charge in [0.05, 0.1) is 5.56 Å². The number of phenols is 1. The van der Waals surface area contributed by atoms with E-state index in [1.807, 2.05) is 0 Å². The zero-order chi connectivity index (χ0) is 14.7. The van der Waals surface area contributed by atoms with E-state index < -0.39 is 5.82 Å². The molecular formula is C14H20FN3O2. The summed E-state index contributed by atoms with van der Waals surface area (Å²) in [6.07, 6.45) is 0. The lowest BCUT2D eigenvalue weighted by Gasteiger charge is -2.37. The third-order valence-electron chi connectivity index (χ3n) is 3.75. The van der Waals surface area contributed by atoms with Crippen molar-refractivity contribution in [2.45, 2.75) is 13.0 Å². The Hall–Kier alpha value is -1.66. The monoisotopic (exact) mass is 281 g/mol. The van der Waals surface area contributed by atoms with Crippen LogP contribution in [0.5, 0.6) is 5.75 Å². The van der Waals surface area contributed by atoms with Crippen molar-refractivity contribution in [3.63, 3.8) is 0 Å². The molecule has 1 aliphatic rings. The van der Waals surface area contributed by atoms with E-state index in [9.17, 15) is 9.18 Å². The van der Waals surface area contributed by atoms with E-state index in [-0.39, 0.29) is 23.3 Å². The lowest BCUT2D eigenvalue weighted by Crippen LogP contribution is -2.52. The molecule has 0 radical (unpaired) electrons. The summed E-state index contributed by atoms with van der Waals surface area (Å²) in [5.74, 6) is -1.20. The molecule has 0 bridgehead atoms. The summed E-state index contributed by atoms with van der Waals surface area (Å²) in [6.45, 7) is 5.23. The first-order chi connectivity index (χ1) is 9.52. The van der Waals surface area contributed by atoms with E-state index in [4.69, 9.17) is 10.8 Å². The summed E-state index contributed by atoms with van der Waals surface area (Å²) in [4.78, 5) is 16.1. The maximum atomic E-state index is 13.7. The molecule has 0 aromatic heterocycles. The first kappa shape index (κ1) is 14.7. The van der Waals surface area contributed by atoms with Gasteiger partial charge in [-0.15, -0.1) is 0 Å². The van der Waals surface area contributed by atoms with E-state index >= 15 is 0 Å². The fraction of sp³-hybridized carbons (Fsp3) is 0.500. The van der Waals surface area contributed by atoms with Gasteiger partial charge in [-0.2, -0.15) is 0 Å². The van der Waals surface area contributed by atoms with Crippen LogP contribution in [0.4, 0.5) is 4.39 Å². The fourth-order valence-corrected chi connectivity index (χ4v) is 2.36. The van der Waals surface area contributed by atoms with Gasteiger partial charge in [0, 0.05) is 44.8 Å². The first-order valence-electron chi connectivity index (χ1n) is 6.75. The second-order valence-electron chi connectivity index (χ2n) is 5.08. The molecule has 3 N–H and O–H groups in total. The highest BCUT2D eigenvalue weighted by atomic mass is 19.1.